The number of para-hydroxylation sites is 1. The first kappa shape index (κ1) is 22.9. The minimum Gasteiger partial charge on any atom is -0.462 e. The van der Waals surface area contributed by atoms with Crippen LogP contribution in [0.2, 0.25) is 0 Å². The van der Waals surface area contributed by atoms with Gasteiger partial charge < -0.3 is 10.1 Å². The summed E-state index contributed by atoms with van der Waals surface area (Å²) in [6.07, 6.45) is 1.43. The monoisotopic (exact) mass is 488 g/mol. The highest BCUT2D eigenvalue weighted by Crippen LogP contribution is 2.32. The number of ether oxygens (including phenoxy) is 1. The zero-order chi connectivity index (χ0) is 23.6. The zero-order valence-electron chi connectivity index (χ0n) is 17.7. The van der Waals surface area contributed by atoms with E-state index < -0.39 is 33.3 Å². The molecule has 0 bridgehead atoms. The lowest BCUT2D eigenvalue weighted by Crippen LogP contribution is -2.35. The molecule has 1 N–H and O–H groups in total. The van der Waals surface area contributed by atoms with Gasteiger partial charge in [-0.25, -0.2) is 17.6 Å². The molecule has 0 fully saturated rings. The number of nitrogens with one attached hydrogen (secondary N) is 1. The molecule has 10 heteroatoms. The second kappa shape index (κ2) is 9.32. The molecule has 4 rings (SSSR count). The SMILES string of the molecule is CCOC(=O)c1ccc(NC(=O)c2cc(S(=O)(=O)N3CCCc4ccccc43)ccc2F)s1. The highest BCUT2D eigenvalue weighted by molar-refractivity contribution is 7.92. The number of carbonyl (C=O) groups is 2. The van der Waals surface area contributed by atoms with Crippen LogP contribution in [0.25, 0.3) is 0 Å². The summed E-state index contributed by atoms with van der Waals surface area (Å²) in [6.45, 7) is 2.19. The Kier molecular flexibility index (Phi) is 6.48. The number of esters is 1. The van der Waals surface area contributed by atoms with E-state index in [0.29, 0.717) is 23.7 Å². The van der Waals surface area contributed by atoms with E-state index in [9.17, 15) is 22.4 Å². The van der Waals surface area contributed by atoms with Gasteiger partial charge in [0, 0.05) is 6.54 Å². The molecule has 1 aromatic heterocycles. The van der Waals surface area contributed by atoms with Gasteiger partial charge in [0.05, 0.1) is 27.8 Å². The predicted octanol–water partition coefficient (Wildman–Crippen LogP) is 4.46. The van der Waals surface area contributed by atoms with E-state index in [4.69, 9.17) is 4.74 Å². The van der Waals surface area contributed by atoms with Crippen LogP contribution in [-0.4, -0.2) is 33.4 Å². The van der Waals surface area contributed by atoms with E-state index in [0.717, 1.165) is 41.5 Å². The van der Waals surface area contributed by atoms with Gasteiger partial charge in [0.2, 0.25) is 0 Å². The van der Waals surface area contributed by atoms with Crippen LogP contribution in [0.5, 0.6) is 0 Å². The summed E-state index contributed by atoms with van der Waals surface area (Å²) in [7, 11) is -4.01. The first-order valence-electron chi connectivity index (χ1n) is 10.3. The molecule has 172 valence electrons. The molecule has 2 aromatic carbocycles. The minimum absolute atomic E-state index is 0.177. The topological polar surface area (TPSA) is 92.8 Å². The number of aryl methyl sites for hydroxylation is 1. The standard InChI is InChI=1S/C23H21FN2O5S2/c1-2-31-23(28)20-11-12-21(32-20)25-22(27)17-14-16(9-10-18(17)24)33(29,30)26-13-5-7-15-6-3-4-8-19(15)26/h3-4,6,8-12,14H,2,5,7,13H2,1H3,(H,25,27). The molecular formula is C23H21FN2O5S2. The van der Waals surface area contributed by atoms with Crippen molar-refractivity contribution in [1.29, 1.82) is 0 Å². The Balaban J connectivity index is 1.61. The highest BCUT2D eigenvalue weighted by Gasteiger charge is 2.30. The van der Waals surface area contributed by atoms with Gasteiger partial charge in [-0.05, 0) is 61.7 Å². The number of hydrogen-bond donors (Lipinski definition) is 1. The van der Waals surface area contributed by atoms with Crippen molar-refractivity contribution >= 4 is 43.9 Å². The van der Waals surface area contributed by atoms with E-state index in [2.05, 4.69) is 5.32 Å². The Bertz CT molecular complexity index is 1320. The Morgan fingerprint density at radius 3 is 2.73 bits per heavy atom. The second-order valence-electron chi connectivity index (χ2n) is 7.29. The molecule has 1 aliphatic heterocycles. The third-order valence-corrected chi connectivity index (χ3v) is 7.95. The average molecular weight is 489 g/mol. The fourth-order valence-electron chi connectivity index (χ4n) is 3.61. The number of thiophene rings is 1. The molecule has 0 aliphatic carbocycles. The Morgan fingerprint density at radius 1 is 1.15 bits per heavy atom. The molecule has 33 heavy (non-hydrogen) atoms. The van der Waals surface area contributed by atoms with Crippen LogP contribution in [0.3, 0.4) is 0 Å². The number of anilines is 2. The summed E-state index contributed by atoms with van der Waals surface area (Å²) in [5.74, 6) is -2.20. The summed E-state index contributed by atoms with van der Waals surface area (Å²) < 4.78 is 47.4. The minimum atomic E-state index is -4.01. The number of halogens is 1. The first-order valence-corrected chi connectivity index (χ1v) is 12.6. The molecule has 1 aliphatic rings. The van der Waals surface area contributed by atoms with Gasteiger partial charge in [0.1, 0.15) is 10.7 Å². The van der Waals surface area contributed by atoms with Crippen molar-refractivity contribution in [2.45, 2.75) is 24.7 Å². The molecular weight excluding hydrogens is 467 g/mol. The summed E-state index contributed by atoms with van der Waals surface area (Å²) in [5.41, 5.74) is 1.10. The molecule has 0 radical (unpaired) electrons. The number of benzene rings is 2. The maximum atomic E-state index is 14.5. The summed E-state index contributed by atoms with van der Waals surface area (Å²) in [5, 5.41) is 2.82. The van der Waals surface area contributed by atoms with Crippen LogP contribution in [0, 0.1) is 5.82 Å². The summed E-state index contributed by atoms with van der Waals surface area (Å²) >= 11 is 0.979. The number of fused-ring (bicyclic) bond motifs is 1. The lowest BCUT2D eigenvalue weighted by molar-refractivity contribution is 0.0532. The van der Waals surface area contributed by atoms with Crippen molar-refractivity contribution in [2.75, 3.05) is 22.8 Å². The van der Waals surface area contributed by atoms with Gasteiger partial charge in [0.25, 0.3) is 15.9 Å². The van der Waals surface area contributed by atoms with Gasteiger partial charge in [-0.1, -0.05) is 18.2 Å². The van der Waals surface area contributed by atoms with Crippen molar-refractivity contribution in [1.82, 2.24) is 0 Å². The van der Waals surface area contributed by atoms with E-state index in [1.165, 1.54) is 16.4 Å². The van der Waals surface area contributed by atoms with Gasteiger partial charge in [-0.2, -0.15) is 0 Å². The van der Waals surface area contributed by atoms with Crippen LogP contribution < -0.4 is 9.62 Å². The van der Waals surface area contributed by atoms with Crippen molar-refractivity contribution < 1.29 is 27.1 Å². The zero-order valence-corrected chi connectivity index (χ0v) is 19.3. The number of amides is 1. The van der Waals surface area contributed by atoms with E-state index >= 15 is 0 Å². The Labute approximate surface area is 194 Å². The number of sulfonamides is 1. The molecule has 7 nitrogen and oxygen atoms in total. The number of rotatable bonds is 6. The van der Waals surface area contributed by atoms with Gasteiger partial charge in [0.15, 0.2) is 0 Å². The van der Waals surface area contributed by atoms with Crippen LogP contribution >= 0.6 is 11.3 Å². The summed E-state index contributed by atoms with van der Waals surface area (Å²) in [6, 6.07) is 13.4. The van der Waals surface area contributed by atoms with Crippen molar-refractivity contribution in [3.05, 3.63) is 76.4 Å². The molecule has 0 atom stereocenters. The largest absolute Gasteiger partial charge is 0.462 e. The van der Waals surface area contributed by atoms with E-state index in [1.54, 1.807) is 19.1 Å². The van der Waals surface area contributed by atoms with Crippen LogP contribution in [-0.2, 0) is 21.2 Å². The maximum absolute atomic E-state index is 14.5. The normalized spacial score (nSPS) is 13.3. The molecule has 0 unspecified atom stereocenters. The predicted molar refractivity (Wildman–Crippen MR) is 124 cm³/mol. The summed E-state index contributed by atoms with van der Waals surface area (Å²) in [4.78, 5) is 24.6. The van der Waals surface area contributed by atoms with Gasteiger partial charge >= 0.3 is 5.97 Å². The molecule has 2 heterocycles. The number of carbonyl (C=O) groups excluding carboxylic acids is 2. The maximum Gasteiger partial charge on any atom is 0.348 e. The van der Waals surface area contributed by atoms with Crippen LogP contribution in [0.15, 0.2) is 59.5 Å². The van der Waals surface area contributed by atoms with E-state index in [1.807, 2.05) is 12.1 Å². The van der Waals surface area contributed by atoms with Crippen LogP contribution in [0.4, 0.5) is 15.1 Å². The quantitative estimate of drug-likeness (QED) is 0.517. The third-order valence-electron chi connectivity index (χ3n) is 5.16. The lowest BCUT2D eigenvalue weighted by atomic mass is 10.0. The fraction of sp³-hybridized carbons (Fsp3) is 0.217. The van der Waals surface area contributed by atoms with Gasteiger partial charge in [-0.3, -0.25) is 9.10 Å². The van der Waals surface area contributed by atoms with Crippen LogP contribution in [0.1, 0.15) is 38.9 Å². The Morgan fingerprint density at radius 2 is 1.94 bits per heavy atom. The molecule has 3 aromatic rings. The van der Waals surface area contributed by atoms with E-state index in [-0.39, 0.29) is 16.4 Å². The van der Waals surface area contributed by atoms with Crippen molar-refractivity contribution in [3.8, 4) is 0 Å². The molecule has 0 saturated carbocycles. The number of nitrogens with zero attached hydrogens (tertiary/aromatic N) is 1. The Hall–Kier alpha value is -3.24. The average Bonchev–Trinajstić information content (AvgIpc) is 3.27. The fourth-order valence-corrected chi connectivity index (χ4v) is 5.97. The third kappa shape index (κ3) is 4.62. The van der Waals surface area contributed by atoms with Crippen molar-refractivity contribution in [2.24, 2.45) is 0 Å². The molecule has 1 amide bonds. The molecule has 0 spiro atoms. The first-order chi connectivity index (χ1) is 15.8. The smallest absolute Gasteiger partial charge is 0.348 e. The lowest BCUT2D eigenvalue weighted by Gasteiger charge is -2.30. The van der Waals surface area contributed by atoms with Gasteiger partial charge in [-0.15, -0.1) is 11.3 Å². The highest BCUT2D eigenvalue weighted by atomic mass is 32.2. The number of hydrogen-bond acceptors (Lipinski definition) is 6. The second-order valence-corrected chi connectivity index (χ2v) is 10.2. The molecule has 0 saturated heterocycles. The van der Waals surface area contributed by atoms with Crippen molar-refractivity contribution in [3.63, 3.8) is 0 Å².